The summed E-state index contributed by atoms with van der Waals surface area (Å²) in [6, 6.07) is 5.25. The van der Waals surface area contributed by atoms with E-state index in [1.807, 2.05) is 62.4 Å². The Bertz CT molecular complexity index is 1060. The summed E-state index contributed by atoms with van der Waals surface area (Å²) in [5, 5.41) is -0.431. The van der Waals surface area contributed by atoms with Gasteiger partial charge < -0.3 is 24.0 Å². The van der Waals surface area contributed by atoms with E-state index in [-0.39, 0.29) is 11.8 Å². The van der Waals surface area contributed by atoms with Gasteiger partial charge in [-0.3, -0.25) is 9.59 Å². The van der Waals surface area contributed by atoms with Crippen molar-refractivity contribution in [2.75, 3.05) is 45.8 Å². The number of hydrogen-bond acceptors (Lipinski definition) is 8. The number of carbonyl (C=O) groups is 3. The Hall–Kier alpha value is -3.04. The van der Waals surface area contributed by atoms with Gasteiger partial charge in [-0.05, 0) is 50.9 Å². The maximum atomic E-state index is 14.0. The van der Waals surface area contributed by atoms with Crippen LogP contribution in [0.5, 0.6) is 0 Å². The highest BCUT2D eigenvalue weighted by molar-refractivity contribution is 8.00. The third-order valence-corrected chi connectivity index (χ3v) is 7.18. The van der Waals surface area contributed by atoms with Gasteiger partial charge in [0.25, 0.3) is 5.91 Å². The molecule has 1 aliphatic heterocycles. The fourth-order valence-corrected chi connectivity index (χ4v) is 5.28. The highest BCUT2D eigenvalue weighted by Gasteiger charge is 2.42. The van der Waals surface area contributed by atoms with Gasteiger partial charge in [0.15, 0.2) is 6.10 Å². The molecule has 1 amide bonds. The Labute approximate surface area is 216 Å². The molecule has 0 saturated heterocycles. The first-order valence-electron chi connectivity index (χ1n) is 12.0. The van der Waals surface area contributed by atoms with Crippen LogP contribution in [0.4, 0.5) is 5.69 Å². The lowest BCUT2D eigenvalue weighted by Crippen LogP contribution is -2.48. The number of nitrogens with zero attached hydrogens (tertiary/aromatic N) is 2. The van der Waals surface area contributed by atoms with Crippen LogP contribution in [0.15, 0.2) is 59.2 Å². The van der Waals surface area contributed by atoms with Gasteiger partial charge in [-0.1, -0.05) is 25.2 Å². The number of esters is 2. The van der Waals surface area contributed by atoms with Crippen molar-refractivity contribution in [2.45, 2.75) is 36.5 Å². The van der Waals surface area contributed by atoms with Gasteiger partial charge in [0.1, 0.15) is 5.76 Å². The van der Waals surface area contributed by atoms with Crippen LogP contribution in [0.1, 0.15) is 30.6 Å². The number of allylic oxidation sites excluding steroid dienone is 5. The lowest BCUT2D eigenvalue weighted by atomic mass is 9.98. The number of thioether (sulfide) groups is 1. The molecule has 3 atom stereocenters. The zero-order chi connectivity index (χ0) is 26.2. The molecule has 1 heterocycles. The molecule has 0 bridgehead atoms. The molecule has 2 aliphatic rings. The van der Waals surface area contributed by atoms with Crippen molar-refractivity contribution in [2.24, 2.45) is 5.92 Å². The summed E-state index contributed by atoms with van der Waals surface area (Å²) in [6.07, 6.45) is 9.17. The Morgan fingerprint density at radius 2 is 1.97 bits per heavy atom. The van der Waals surface area contributed by atoms with E-state index in [0.29, 0.717) is 43.1 Å². The predicted octanol–water partition coefficient (Wildman–Crippen LogP) is 3.83. The van der Waals surface area contributed by atoms with Gasteiger partial charge in [0, 0.05) is 30.8 Å². The number of methoxy groups -OCH3 is 1. The molecule has 1 aliphatic carbocycles. The van der Waals surface area contributed by atoms with E-state index in [1.54, 1.807) is 24.1 Å². The number of fused-ring (bicyclic) bond motifs is 1. The third-order valence-electron chi connectivity index (χ3n) is 5.75. The van der Waals surface area contributed by atoms with Crippen molar-refractivity contribution in [3.05, 3.63) is 59.9 Å². The summed E-state index contributed by atoms with van der Waals surface area (Å²) in [5.41, 5.74) is 0.978. The van der Waals surface area contributed by atoms with Crippen LogP contribution in [0.3, 0.4) is 0 Å². The molecule has 0 saturated carbocycles. The van der Waals surface area contributed by atoms with E-state index in [0.717, 1.165) is 4.90 Å². The van der Waals surface area contributed by atoms with E-state index in [9.17, 15) is 14.4 Å². The molecule has 194 valence electrons. The van der Waals surface area contributed by atoms with Crippen molar-refractivity contribution in [1.29, 1.82) is 0 Å². The Morgan fingerprint density at radius 1 is 1.19 bits per heavy atom. The molecule has 0 N–H and O–H groups in total. The van der Waals surface area contributed by atoms with Crippen LogP contribution in [0.25, 0.3) is 0 Å². The molecule has 0 spiro atoms. The number of ether oxygens (including phenoxy) is 3. The monoisotopic (exact) mass is 514 g/mol. The summed E-state index contributed by atoms with van der Waals surface area (Å²) in [5.74, 6) is -0.823. The molecule has 0 fully saturated rings. The average Bonchev–Trinajstić information content (AvgIpc) is 3.15. The third kappa shape index (κ3) is 6.79. The van der Waals surface area contributed by atoms with Crippen molar-refractivity contribution >= 4 is 35.3 Å². The summed E-state index contributed by atoms with van der Waals surface area (Å²) < 4.78 is 16.3. The van der Waals surface area contributed by atoms with Gasteiger partial charge in [0.05, 0.1) is 30.2 Å². The van der Waals surface area contributed by atoms with Crippen molar-refractivity contribution in [1.82, 2.24) is 4.90 Å². The molecular formula is C27H34N2O6S. The maximum Gasteiger partial charge on any atom is 0.338 e. The highest BCUT2D eigenvalue weighted by Crippen LogP contribution is 2.43. The molecule has 8 nitrogen and oxygen atoms in total. The minimum atomic E-state index is -1.03. The van der Waals surface area contributed by atoms with E-state index < -0.39 is 23.3 Å². The van der Waals surface area contributed by atoms with Gasteiger partial charge >= 0.3 is 11.9 Å². The number of anilines is 1. The first-order valence-corrected chi connectivity index (χ1v) is 12.8. The van der Waals surface area contributed by atoms with Gasteiger partial charge in [-0.25, -0.2) is 4.79 Å². The second-order valence-electron chi connectivity index (χ2n) is 8.82. The Kier molecular flexibility index (Phi) is 9.78. The lowest BCUT2D eigenvalue weighted by molar-refractivity contribution is -0.153. The topological polar surface area (TPSA) is 85.4 Å². The fraction of sp³-hybridized carbons (Fsp3) is 0.444. The van der Waals surface area contributed by atoms with E-state index >= 15 is 0 Å². The molecule has 1 aromatic rings. The molecule has 36 heavy (non-hydrogen) atoms. The molecule has 0 aromatic heterocycles. The zero-order valence-electron chi connectivity index (χ0n) is 21.4. The SMILES string of the molecule is CCCOC(=O)c1ccc2c(c1)N(CCN(C)C)C(=O)C(OC(C)=O)C(C1C=CC=C(OC)C=C1)S2. The van der Waals surface area contributed by atoms with Crippen LogP contribution in [0.2, 0.25) is 0 Å². The fourth-order valence-electron chi connectivity index (χ4n) is 3.92. The summed E-state index contributed by atoms with van der Waals surface area (Å²) in [7, 11) is 5.44. The maximum absolute atomic E-state index is 14.0. The second kappa shape index (κ2) is 12.8. The smallest absolute Gasteiger partial charge is 0.338 e. The molecule has 3 unspecified atom stereocenters. The number of benzene rings is 1. The molecular weight excluding hydrogens is 480 g/mol. The van der Waals surface area contributed by atoms with Crippen LogP contribution in [-0.2, 0) is 23.8 Å². The van der Waals surface area contributed by atoms with E-state index in [1.165, 1.54) is 18.7 Å². The molecule has 3 rings (SSSR count). The van der Waals surface area contributed by atoms with Crippen LogP contribution >= 0.6 is 11.8 Å². The summed E-state index contributed by atoms with van der Waals surface area (Å²) in [4.78, 5) is 43.1. The summed E-state index contributed by atoms with van der Waals surface area (Å²) in [6.45, 7) is 4.51. The standard InChI is InChI=1S/C27H34N2O6S/c1-6-16-34-27(32)20-11-13-23-22(17-20)29(15-14-28(3)4)26(31)24(35-18(2)30)25(36-23)19-8-7-9-21(33-5)12-10-19/h7-13,17,19,24-25H,6,14-16H2,1-5H3. The van der Waals surface area contributed by atoms with Crippen LogP contribution in [0, 0.1) is 5.92 Å². The predicted molar refractivity (Wildman–Crippen MR) is 140 cm³/mol. The number of rotatable bonds is 9. The minimum Gasteiger partial charge on any atom is -0.497 e. The quantitative estimate of drug-likeness (QED) is 0.460. The second-order valence-corrected chi connectivity index (χ2v) is 10.0. The molecule has 0 radical (unpaired) electrons. The van der Waals surface area contributed by atoms with Gasteiger partial charge in [-0.2, -0.15) is 0 Å². The minimum absolute atomic E-state index is 0.219. The largest absolute Gasteiger partial charge is 0.497 e. The Morgan fingerprint density at radius 3 is 2.64 bits per heavy atom. The number of carbonyl (C=O) groups excluding carboxylic acids is 3. The van der Waals surface area contributed by atoms with Crippen molar-refractivity contribution < 1.29 is 28.6 Å². The first-order chi connectivity index (χ1) is 17.2. The zero-order valence-corrected chi connectivity index (χ0v) is 22.2. The lowest BCUT2D eigenvalue weighted by Gasteiger charge is -2.30. The highest BCUT2D eigenvalue weighted by atomic mass is 32.2. The number of likely N-dealkylation sites (N-methyl/N-ethyl adjacent to an activating group) is 1. The normalized spacial score (nSPS) is 21.4. The Balaban J connectivity index is 2.08. The van der Waals surface area contributed by atoms with E-state index in [4.69, 9.17) is 14.2 Å². The number of amides is 1. The average molecular weight is 515 g/mol. The molecule has 9 heteroatoms. The van der Waals surface area contributed by atoms with Crippen molar-refractivity contribution in [3.8, 4) is 0 Å². The van der Waals surface area contributed by atoms with Crippen molar-refractivity contribution in [3.63, 3.8) is 0 Å². The van der Waals surface area contributed by atoms with Crippen LogP contribution in [-0.4, -0.2) is 75.0 Å². The van der Waals surface area contributed by atoms with Crippen LogP contribution < -0.4 is 4.90 Å². The van der Waals surface area contributed by atoms with Gasteiger partial charge in [-0.15, -0.1) is 11.8 Å². The van der Waals surface area contributed by atoms with Gasteiger partial charge in [0.2, 0.25) is 0 Å². The summed E-state index contributed by atoms with van der Waals surface area (Å²) >= 11 is 1.46. The molecule has 1 aromatic carbocycles. The number of hydrogen-bond donors (Lipinski definition) is 0. The first kappa shape index (κ1) is 27.5. The van der Waals surface area contributed by atoms with E-state index in [2.05, 4.69) is 0 Å².